The second-order valence-corrected chi connectivity index (χ2v) is 7.53. The van der Waals surface area contributed by atoms with Crippen LogP contribution < -0.4 is 16.0 Å². The van der Waals surface area contributed by atoms with E-state index in [4.69, 9.17) is 5.73 Å². The number of para-hydroxylation sites is 1. The molecule has 0 bridgehead atoms. The van der Waals surface area contributed by atoms with Crippen LogP contribution in [0.1, 0.15) is 45.1 Å². The second-order valence-electron chi connectivity index (χ2n) is 7.53. The van der Waals surface area contributed by atoms with Crippen molar-refractivity contribution >= 4 is 29.9 Å². The summed E-state index contributed by atoms with van der Waals surface area (Å²) in [4.78, 5) is 28.0. The van der Waals surface area contributed by atoms with Crippen molar-refractivity contribution in [2.24, 2.45) is 17.6 Å². The number of benzene rings is 1. The van der Waals surface area contributed by atoms with Crippen LogP contribution in [-0.2, 0) is 16.0 Å². The highest BCUT2D eigenvalue weighted by molar-refractivity contribution is 6.00. The molecule has 1 aromatic carbocycles. The van der Waals surface area contributed by atoms with Gasteiger partial charge in [0.1, 0.15) is 0 Å². The molecule has 6 heteroatoms. The minimum absolute atomic E-state index is 0. The van der Waals surface area contributed by atoms with Gasteiger partial charge in [-0.05, 0) is 44.7 Å². The summed E-state index contributed by atoms with van der Waals surface area (Å²) in [5.74, 6) is -0.378. The lowest BCUT2D eigenvalue weighted by Crippen LogP contribution is -2.49. The summed E-state index contributed by atoms with van der Waals surface area (Å²) < 4.78 is 0. The molecular weight excluding hydrogens is 350 g/mol. The predicted octanol–water partition coefficient (Wildman–Crippen LogP) is 2.66. The maximum atomic E-state index is 13.4. The Morgan fingerprint density at radius 2 is 1.88 bits per heavy atom. The number of hydrogen-bond donors (Lipinski definition) is 2. The fraction of sp³-hybridized carbons (Fsp3) is 0.600. The molecular formula is C20H30ClN3O2. The van der Waals surface area contributed by atoms with E-state index in [9.17, 15) is 9.59 Å². The summed E-state index contributed by atoms with van der Waals surface area (Å²) in [6, 6.07) is 8.20. The van der Waals surface area contributed by atoms with Gasteiger partial charge in [0.05, 0.1) is 5.92 Å². The molecule has 144 valence electrons. The highest BCUT2D eigenvalue weighted by Gasteiger charge is 2.41. The van der Waals surface area contributed by atoms with Gasteiger partial charge in [0.2, 0.25) is 11.8 Å². The summed E-state index contributed by atoms with van der Waals surface area (Å²) in [6.45, 7) is 4.40. The smallest absolute Gasteiger partial charge is 0.231 e. The van der Waals surface area contributed by atoms with Gasteiger partial charge in [0, 0.05) is 30.2 Å². The minimum atomic E-state index is -0.241. The van der Waals surface area contributed by atoms with E-state index in [0.717, 1.165) is 37.8 Å². The zero-order chi connectivity index (χ0) is 18.0. The number of halogens is 1. The van der Waals surface area contributed by atoms with Crippen molar-refractivity contribution in [1.82, 2.24) is 5.32 Å². The van der Waals surface area contributed by atoms with Crippen molar-refractivity contribution in [2.75, 3.05) is 11.4 Å². The van der Waals surface area contributed by atoms with E-state index in [1.807, 2.05) is 30.0 Å². The minimum Gasteiger partial charge on any atom is -0.352 e. The Kier molecular flexibility index (Phi) is 7.07. The standard InChI is InChI=1S/C20H29N3O2.ClH/c1-13(12-21)22-19(24)16-8-4-5-9-17(16)20(25)23-14(2)11-15-7-3-6-10-18(15)23;/h3,6-7,10,13-14,16-17H,4-5,8-9,11-12,21H2,1-2H3,(H,22,24);1H/t13-,14?,16?,17?;/m0./s1. The zero-order valence-corrected chi connectivity index (χ0v) is 16.4. The number of fused-ring (bicyclic) bond motifs is 1. The molecule has 1 aliphatic heterocycles. The second kappa shape index (κ2) is 8.87. The maximum absolute atomic E-state index is 13.4. The number of amides is 2. The Hall–Kier alpha value is -1.59. The van der Waals surface area contributed by atoms with Crippen molar-refractivity contribution in [2.45, 2.75) is 58.0 Å². The highest BCUT2D eigenvalue weighted by atomic mass is 35.5. The molecule has 2 aliphatic rings. The number of nitrogens with two attached hydrogens (primary N) is 1. The van der Waals surface area contributed by atoms with Gasteiger partial charge in [0.15, 0.2) is 0 Å². The van der Waals surface area contributed by atoms with Gasteiger partial charge in [-0.3, -0.25) is 9.59 Å². The van der Waals surface area contributed by atoms with Gasteiger partial charge >= 0.3 is 0 Å². The number of carbonyl (C=O) groups excluding carboxylic acids is 2. The van der Waals surface area contributed by atoms with Gasteiger partial charge in [-0.15, -0.1) is 12.4 Å². The van der Waals surface area contributed by atoms with Crippen LogP contribution in [0.4, 0.5) is 5.69 Å². The lowest BCUT2D eigenvalue weighted by Gasteiger charge is -2.34. The van der Waals surface area contributed by atoms with Crippen LogP contribution >= 0.6 is 12.4 Å². The predicted molar refractivity (Wildman–Crippen MR) is 106 cm³/mol. The average Bonchev–Trinajstić information content (AvgIpc) is 2.96. The van der Waals surface area contributed by atoms with E-state index in [2.05, 4.69) is 18.3 Å². The molecule has 26 heavy (non-hydrogen) atoms. The van der Waals surface area contributed by atoms with Crippen molar-refractivity contribution < 1.29 is 9.59 Å². The molecule has 0 radical (unpaired) electrons. The largest absolute Gasteiger partial charge is 0.352 e. The number of carbonyl (C=O) groups is 2. The van der Waals surface area contributed by atoms with Crippen molar-refractivity contribution in [1.29, 1.82) is 0 Å². The third-order valence-corrected chi connectivity index (χ3v) is 5.61. The van der Waals surface area contributed by atoms with Crippen LogP contribution in [0.3, 0.4) is 0 Å². The van der Waals surface area contributed by atoms with Gasteiger partial charge in [-0.25, -0.2) is 0 Å². The lowest BCUT2D eigenvalue weighted by atomic mass is 9.77. The Morgan fingerprint density at radius 3 is 2.58 bits per heavy atom. The Bertz CT molecular complexity index is 652. The van der Waals surface area contributed by atoms with Crippen LogP contribution in [-0.4, -0.2) is 30.4 Å². The first-order chi connectivity index (χ1) is 12.0. The van der Waals surface area contributed by atoms with E-state index < -0.39 is 0 Å². The van der Waals surface area contributed by atoms with E-state index in [0.29, 0.717) is 6.54 Å². The molecule has 5 nitrogen and oxygen atoms in total. The number of nitrogens with one attached hydrogen (secondary N) is 1. The van der Waals surface area contributed by atoms with Crippen molar-refractivity contribution in [3.8, 4) is 0 Å². The normalized spacial score (nSPS) is 25.8. The number of rotatable bonds is 4. The van der Waals surface area contributed by atoms with E-state index >= 15 is 0 Å². The van der Waals surface area contributed by atoms with E-state index in [1.54, 1.807) is 0 Å². The summed E-state index contributed by atoms with van der Waals surface area (Å²) in [7, 11) is 0. The monoisotopic (exact) mass is 379 g/mol. The molecule has 1 saturated carbocycles. The average molecular weight is 380 g/mol. The zero-order valence-electron chi connectivity index (χ0n) is 15.6. The summed E-state index contributed by atoms with van der Waals surface area (Å²) in [6.07, 6.45) is 4.47. The molecule has 0 aromatic heterocycles. The van der Waals surface area contributed by atoms with Crippen LogP contribution in [0.15, 0.2) is 24.3 Å². The van der Waals surface area contributed by atoms with Crippen molar-refractivity contribution in [3.05, 3.63) is 29.8 Å². The van der Waals surface area contributed by atoms with Gasteiger partial charge in [0.25, 0.3) is 0 Å². The summed E-state index contributed by atoms with van der Waals surface area (Å²) in [5, 5.41) is 2.97. The summed E-state index contributed by atoms with van der Waals surface area (Å²) in [5.41, 5.74) is 7.86. The van der Waals surface area contributed by atoms with Gasteiger partial charge in [-0.2, -0.15) is 0 Å². The van der Waals surface area contributed by atoms with E-state index in [-0.39, 0.29) is 48.1 Å². The molecule has 1 heterocycles. The SMILES string of the molecule is CC1Cc2ccccc2N1C(=O)C1CCCCC1C(=O)N[C@@H](C)CN.Cl. The van der Waals surface area contributed by atoms with E-state index in [1.165, 1.54) is 5.56 Å². The fourth-order valence-corrected chi connectivity index (χ4v) is 4.23. The third kappa shape index (κ3) is 4.04. The molecule has 1 aromatic rings. The summed E-state index contributed by atoms with van der Waals surface area (Å²) >= 11 is 0. The maximum Gasteiger partial charge on any atom is 0.231 e. The first-order valence-corrected chi connectivity index (χ1v) is 9.44. The molecule has 3 rings (SSSR count). The number of hydrogen-bond acceptors (Lipinski definition) is 3. The van der Waals surface area contributed by atoms with Gasteiger partial charge in [-0.1, -0.05) is 31.0 Å². The molecule has 0 spiro atoms. The van der Waals surface area contributed by atoms with Crippen molar-refractivity contribution in [3.63, 3.8) is 0 Å². The Morgan fingerprint density at radius 1 is 1.23 bits per heavy atom. The van der Waals surface area contributed by atoms with Crippen LogP contribution in [0.2, 0.25) is 0 Å². The Balaban J connectivity index is 0.00000243. The van der Waals surface area contributed by atoms with Gasteiger partial charge < -0.3 is 16.0 Å². The number of anilines is 1. The molecule has 3 N–H and O–H groups in total. The molecule has 2 amide bonds. The first kappa shape index (κ1) is 20.7. The number of nitrogens with zero attached hydrogens (tertiary/aromatic N) is 1. The van der Waals surface area contributed by atoms with Crippen LogP contribution in [0.5, 0.6) is 0 Å². The molecule has 3 unspecified atom stereocenters. The highest BCUT2D eigenvalue weighted by Crippen LogP contribution is 2.38. The molecule has 1 aliphatic carbocycles. The van der Waals surface area contributed by atoms with Crippen LogP contribution in [0.25, 0.3) is 0 Å². The topological polar surface area (TPSA) is 75.4 Å². The quantitative estimate of drug-likeness (QED) is 0.844. The fourth-order valence-electron chi connectivity index (χ4n) is 4.23. The lowest BCUT2D eigenvalue weighted by molar-refractivity contribution is -0.135. The molecule has 4 atom stereocenters. The molecule has 1 fully saturated rings. The molecule has 0 saturated heterocycles. The van der Waals surface area contributed by atoms with Crippen LogP contribution in [0, 0.1) is 11.8 Å². The third-order valence-electron chi connectivity index (χ3n) is 5.61. The first-order valence-electron chi connectivity index (χ1n) is 9.44. The Labute approximate surface area is 162 Å².